The van der Waals surface area contributed by atoms with Crippen molar-refractivity contribution in [3.8, 4) is 5.75 Å². The van der Waals surface area contributed by atoms with Gasteiger partial charge in [0.15, 0.2) is 0 Å². The van der Waals surface area contributed by atoms with Gasteiger partial charge in [-0.1, -0.05) is 48.0 Å². The van der Waals surface area contributed by atoms with Gasteiger partial charge in [0.1, 0.15) is 5.75 Å². The first-order valence-corrected chi connectivity index (χ1v) is 10.2. The molecular weight excluding hydrogens is 414 g/mol. The summed E-state index contributed by atoms with van der Waals surface area (Å²) in [6.07, 6.45) is 3.71. The van der Waals surface area contributed by atoms with Crippen molar-refractivity contribution in [1.29, 1.82) is 0 Å². The topological polar surface area (TPSA) is 104 Å². The molecule has 0 saturated heterocycles. The van der Waals surface area contributed by atoms with Crippen LogP contribution >= 0.6 is 11.6 Å². The standard InChI is InChI=1S/C21H16ClNO5S/c22-20-12-11-18(13-19(20)21(25)26)29(27,28)23-16-7-3-14(4-8-16)1-2-15-5-9-17(24)10-6-15/h1-13,23-24H,(H,25,26). The highest BCUT2D eigenvalue weighted by atomic mass is 35.5. The molecule has 29 heavy (non-hydrogen) atoms. The summed E-state index contributed by atoms with van der Waals surface area (Å²) in [6.45, 7) is 0. The second-order valence-corrected chi connectivity index (χ2v) is 8.19. The smallest absolute Gasteiger partial charge is 0.337 e. The lowest BCUT2D eigenvalue weighted by Gasteiger charge is -2.09. The number of benzene rings is 3. The lowest BCUT2D eigenvalue weighted by molar-refractivity contribution is 0.0697. The van der Waals surface area contributed by atoms with Crippen molar-refractivity contribution in [3.05, 3.63) is 88.4 Å². The number of sulfonamides is 1. The summed E-state index contributed by atoms with van der Waals surface area (Å²) in [6, 6.07) is 16.9. The first-order valence-electron chi connectivity index (χ1n) is 8.37. The monoisotopic (exact) mass is 429 g/mol. The van der Waals surface area contributed by atoms with Crippen molar-refractivity contribution in [2.24, 2.45) is 0 Å². The van der Waals surface area contributed by atoms with E-state index in [0.717, 1.165) is 17.2 Å². The average Bonchev–Trinajstić information content (AvgIpc) is 2.68. The molecule has 3 aromatic carbocycles. The maximum Gasteiger partial charge on any atom is 0.337 e. The van der Waals surface area contributed by atoms with Crippen molar-refractivity contribution in [2.45, 2.75) is 4.90 Å². The Morgan fingerprint density at radius 2 is 1.45 bits per heavy atom. The van der Waals surface area contributed by atoms with Crippen molar-refractivity contribution >= 4 is 45.4 Å². The van der Waals surface area contributed by atoms with Crippen LogP contribution in [-0.2, 0) is 10.0 Å². The highest BCUT2D eigenvalue weighted by Crippen LogP contribution is 2.23. The fourth-order valence-electron chi connectivity index (χ4n) is 2.49. The molecule has 0 fully saturated rings. The predicted octanol–water partition coefficient (Wildman–Crippen LogP) is 4.72. The van der Waals surface area contributed by atoms with Gasteiger partial charge in [-0.3, -0.25) is 4.72 Å². The molecule has 0 saturated carbocycles. The van der Waals surface area contributed by atoms with Gasteiger partial charge < -0.3 is 10.2 Å². The maximum absolute atomic E-state index is 12.5. The summed E-state index contributed by atoms with van der Waals surface area (Å²) in [5.41, 5.74) is 1.80. The molecule has 6 nitrogen and oxygen atoms in total. The van der Waals surface area contributed by atoms with Crippen molar-refractivity contribution in [3.63, 3.8) is 0 Å². The Balaban J connectivity index is 1.76. The van der Waals surface area contributed by atoms with Crippen molar-refractivity contribution in [1.82, 2.24) is 0 Å². The van der Waals surface area contributed by atoms with Crippen LogP contribution in [0.2, 0.25) is 5.02 Å². The van der Waals surface area contributed by atoms with Crippen LogP contribution in [-0.4, -0.2) is 24.6 Å². The normalized spacial score (nSPS) is 11.5. The highest BCUT2D eigenvalue weighted by Gasteiger charge is 2.18. The zero-order valence-electron chi connectivity index (χ0n) is 14.9. The molecule has 3 rings (SSSR count). The Kier molecular flexibility index (Phi) is 5.91. The molecule has 0 aliphatic rings. The molecule has 0 aromatic heterocycles. The number of anilines is 1. The summed E-state index contributed by atoms with van der Waals surface area (Å²) in [5.74, 6) is -1.12. The van der Waals surface area contributed by atoms with Gasteiger partial charge in [0.25, 0.3) is 10.0 Å². The molecule has 0 atom stereocenters. The van der Waals surface area contributed by atoms with Gasteiger partial charge in [-0.15, -0.1) is 0 Å². The summed E-state index contributed by atoms with van der Waals surface area (Å²) < 4.78 is 27.5. The van der Waals surface area contributed by atoms with Gasteiger partial charge in [-0.05, 0) is 53.6 Å². The fraction of sp³-hybridized carbons (Fsp3) is 0. The Bertz CT molecular complexity index is 1170. The molecule has 0 amide bonds. The van der Waals surface area contributed by atoms with E-state index in [1.165, 1.54) is 12.1 Å². The zero-order valence-corrected chi connectivity index (χ0v) is 16.5. The van der Waals surface area contributed by atoms with E-state index >= 15 is 0 Å². The lowest BCUT2D eigenvalue weighted by Crippen LogP contribution is -2.14. The molecule has 8 heteroatoms. The highest BCUT2D eigenvalue weighted by molar-refractivity contribution is 7.92. The number of hydrogen-bond acceptors (Lipinski definition) is 4. The molecule has 0 heterocycles. The number of phenolic OH excluding ortho intramolecular Hbond substituents is 1. The minimum Gasteiger partial charge on any atom is -0.508 e. The van der Waals surface area contributed by atoms with E-state index in [2.05, 4.69) is 4.72 Å². The van der Waals surface area contributed by atoms with Gasteiger partial charge in [0.2, 0.25) is 0 Å². The van der Waals surface area contributed by atoms with Crippen LogP contribution < -0.4 is 4.72 Å². The quantitative estimate of drug-likeness (QED) is 0.492. The molecule has 3 N–H and O–H groups in total. The third-order valence-electron chi connectivity index (χ3n) is 4.00. The van der Waals surface area contributed by atoms with Gasteiger partial charge in [0.05, 0.1) is 15.5 Å². The summed E-state index contributed by atoms with van der Waals surface area (Å²) in [7, 11) is -3.97. The number of phenols is 1. The number of hydrogen-bond donors (Lipinski definition) is 3. The van der Waals surface area contributed by atoms with Crippen LogP contribution in [0, 0.1) is 0 Å². The predicted molar refractivity (Wildman–Crippen MR) is 113 cm³/mol. The number of halogens is 1. The van der Waals surface area contributed by atoms with E-state index in [1.807, 2.05) is 12.2 Å². The van der Waals surface area contributed by atoms with Crippen molar-refractivity contribution in [2.75, 3.05) is 4.72 Å². The van der Waals surface area contributed by atoms with E-state index in [1.54, 1.807) is 48.5 Å². The molecule has 0 aliphatic heterocycles. The number of aromatic carboxylic acids is 1. The zero-order chi connectivity index (χ0) is 21.0. The number of aromatic hydroxyl groups is 1. The molecule has 0 unspecified atom stereocenters. The number of rotatable bonds is 6. The van der Waals surface area contributed by atoms with Gasteiger partial charge in [-0.2, -0.15) is 0 Å². The van der Waals surface area contributed by atoms with Gasteiger partial charge in [-0.25, -0.2) is 13.2 Å². The Hall–Kier alpha value is -3.29. The Morgan fingerprint density at radius 1 is 0.897 bits per heavy atom. The Labute approximate surface area is 172 Å². The van der Waals surface area contributed by atoms with Crippen LogP contribution in [0.15, 0.2) is 71.6 Å². The van der Waals surface area contributed by atoms with Crippen LogP contribution in [0.5, 0.6) is 5.75 Å². The van der Waals surface area contributed by atoms with E-state index in [4.69, 9.17) is 16.7 Å². The molecule has 0 radical (unpaired) electrons. The molecular formula is C21H16ClNO5S. The number of carboxylic acids is 1. The molecule has 0 bridgehead atoms. The molecule has 0 spiro atoms. The van der Waals surface area contributed by atoms with Crippen LogP contribution in [0.4, 0.5) is 5.69 Å². The van der Waals surface area contributed by atoms with Gasteiger partial charge >= 0.3 is 5.97 Å². The minimum atomic E-state index is -3.97. The minimum absolute atomic E-state index is 0.0405. The van der Waals surface area contributed by atoms with Crippen molar-refractivity contribution < 1.29 is 23.4 Å². The maximum atomic E-state index is 12.5. The lowest BCUT2D eigenvalue weighted by atomic mass is 10.1. The average molecular weight is 430 g/mol. The second kappa shape index (κ2) is 8.38. The third kappa shape index (κ3) is 5.16. The van der Waals surface area contributed by atoms with Gasteiger partial charge in [0, 0.05) is 5.69 Å². The van der Waals surface area contributed by atoms with Crippen LogP contribution in [0.1, 0.15) is 21.5 Å². The largest absolute Gasteiger partial charge is 0.508 e. The van der Waals surface area contributed by atoms with E-state index in [9.17, 15) is 18.3 Å². The first-order chi connectivity index (χ1) is 13.7. The van der Waals surface area contributed by atoms with E-state index < -0.39 is 16.0 Å². The number of carbonyl (C=O) groups is 1. The summed E-state index contributed by atoms with van der Waals surface area (Å²) in [5, 5.41) is 18.4. The fourth-order valence-corrected chi connectivity index (χ4v) is 3.77. The van der Waals surface area contributed by atoms with Crippen LogP contribution in [0.3, 0.4) is 0 Å². The second-order valence-electron chi connectivity index (χ2n) is 6.10. The third-order valence-corrected chi connectivity index (χ3v) is 5.71. The number of nitrogens with one attached hydrogen (secondary N) is 1. The molecule has 0 aliphatic carbocycles. The van der Waals surface area contributed by atoms with Crippen LogP contribution in [0.25, 0.3) is 12.2 Å². The molecule has 3 aromatic rings. The van der Waals surface area contributed by atoms with E-state index in [0.29, 0.717) is 5.69 Å². The summed E-state index contributed by atoms with van der Waals surface area (Å²) >= 11 is 5.79. The number of carboxylic acid groups (broad SMARTS) is 1. The SMILES string of the molecule is O=C(O)c1cc(S(=O)(=O)Nc2ccc(C=Cc3ccc(O)cc3)cc2)ccc1Cl. The Morgan fingerprint density at radius 3 is 2.00 bits per heavy atom. The molecule has 148 valence electrons. The summed E-state index contributed by atoms with van der Waals surface area (Å²) in [4.78, 5) is 11.0. The first kappa shape index (κ1) is 20.4. The van der Waals surface area contributed by atoms with E-state index in [-0.39, 0.29) is 21.2 Å².